The van der Waals surface area contributed by atoms with Crippen LogP contribution in [0, 0.1) is 0 Å². The molecule has 0 spiro atoms. The molecule has 65 heavy (non-hydrogen) atoms. The number of rotatable bonds is 47. The molecule has 0 amide bonds. The summed E-state index contributed by atoms with van der Waals surface area (Å²) in [6.07, 6.45) is 60.8. The van der Waals surface area contributed by atoms with Crippen molar-refractivity contribution in [3.63, 3.8) is 0 Å². The zero-order chi connectivity index (χ0) is 47.7. The van der Waals surface area contributed by atoms with E-state index in [-0.39, 0.29) is 49.1 Å². The minimum Gasteiger partial charge on any atom is -0.544 e. The summed E-state index contributed by atoms with van der Waals surface area (Å²) in [7, 11) is 5.40. The Labute approximate surface area is 400 Å². The number of carbonyl (C=O) groups excluding carboxylic acids is 3. The third-order valence-electron chi connectivity index (χ3n) is 11.6. The maximum absolute atomic E-state index is 12.8. The first kappa shape index (κ1) is 61.8. The third-order valence-corrected chi connectivity index (χ3v) is 11.6. The van der Waals surface area contributed by atoms with Gasteiger partial charge in [-0.3, -0.25) is 9.59 Å². The van der Waals surface area contributed by atoms with Crippen LogP contribution < -0.4 is 5.11 Å². The summed E-state index contributed by atoms with van der Waals surface area (Å²) in [6, 6.07) is -0.735. The average Bonchev–Trinajstić information content (AvgIpc) is 3.27. The number of allylic oxidation sites excluding steroid dienone is 12. The van der Waals surface area contributed by atoms with Crippen molar-refractivity contribution in [3.05, 3.63) is 72.9 Å². The van der Waals surface area contributed by atoms with E-state index in [0.29, 0.717) is 6.42 Å². The highest BCUT2D eigenvalue weighted by Crippen LogP contribution is 2.15. The van der Waals surface area contributed by atoms with E-state index in [1.165, 1.54) is 103 Å². The summed E-state index contributed by atoms with van der Waals surface area (Å²) < 4.78 is 17.2. The Morgan fingerprint density at radius 1 is 0.477 bits per heavy atom. The van der Waals surface area contributed by atoms with Gasteiger partial charge in [-0.25, -0.2) is 0 Å². The van der Waals surface area contributed by atoms with E-state index in [1.807, 2.05) is 0 Å². The van der Waals surface area contributed by atoms with Crippen molar-refractivity contribution in [1.29, 1.82) is 0 Å². The molecule has 0 aromatic heterocycles. The smallest absolute Gasteiger partial charge is 0.306 e. The van der Waals surface area contributed by atoms with Crippen LogP contribution in [0.25, 0.3) is 0 Å². The van der Waals surface area contributed by atoms with Crippen LogP contribution in [0.4, 0.5) is 0 Å². The van der Waals surface area contributed by atoms with Gasteiger partial charge in [0.1, 0.15) is 12.6 Å². The van der Waals surface area contributed by atoms with Crippen LogP contribution in [0.5, 0.6) is 0 Å². The van der Waals surface area contributed by atoms with Crippen LogP contribution in [0.15, 0.2) is 72.9 Å². The van der Waals surface area contributed by atoms with E-state index >= 15 is 0 Å². The first-order valence-electron chi connectivity index (χ1n) is 26.5. The molecule has 374 valence electrons. The summed E-state index contributed by atoms with van der Waals surface area (Å²) in [4.78, 5) is 37.1. The molecule has 0 aromatic carbocycles. The lowest BCUT2D eigenvalue weighted by atomic mass is 10.1. The maximum Gasteiger partial charge on any atom is 0.306 e. The second-order valence-electron chi connectivity index (χ2n) is 18.7. The minimum atomic E-state index is -1.13. The summed E-state index contributed by atoms with van der Waals surface area (Å²) in [5, 5.41) is 11.7. The molecule has 2 atom stereocenters. The van der Waals surface area contributed by atoms with Crippen molar-refractivity contribution < 1.29 is 38.2 Å². The fourth-order valence-corrected chi connectivity index (χ4v) is 7.50. The number of carboxylic acids is 1. The Morgan fingerprint density at radius 2 is 0.862 bits per heavy atom. The number of nitrogens with zero attached hydrogens (tertiary/aromatic N) is 1. The van der Waals surface area contributed by atoms with Crippen LogP contribution in [0.3, 0.4) is 0 Å². The number of ether oxygens (including phenoxy) is 3. The molecule has 0 aliphatic rings. The van der Waals surface area contributed by atoms with Gasteiger partial charge >= 0.3 is 11.9 Å². The molecule has 0 N–H and O–H groups in total. The van der Waals surface area contributed by atoms with Crippen LogP contribution in [-0.2, 0) is 28.6 Å². The molecule has 0 radical (unpaired) electrons. The Morgan fingerprint density at radius 3 is 1.29 bits per heavy atom. The van der Waals surface area contributed by atoms with Crippen molar-refractivity contribution >= 4 is 17.9 Å². The van der Waals surface area contributed by atoms with E-state index in [2.05, 4.69) is 86.8 Å². The first-order chi connectivity index (χ1) is 31.6. The fourth-order valence-electron chi connectivity index (χ4n) is 7.50. The van der Waals surface area contributed by atoms with Crippen molar-refractivity contribution in [2.24, 2.45) is 0 Å². The Kier molecular flexibility index (Phi) is 44.9. The number of quaternary nitrogens is 1. The lowest BCUT2D eigenvalue weighted by molar-refractivity contribution is -0.889. The molecule has 0 saturated carbocycles. The van der Waals surface area contributed by atoms with Crippen molar-refractivity contribution in [1.82, 2.24) is 0 Å². The van der Waals surface area contributed by atoms with E-state index in [0.717, 1.165) is 83.5 Å². The van der Waals surface area contributed by atoms with Gasteiger partial charge in [-0.05, 0) is 83.5 Å². The Bertz CT molecular complexity index is 1290. The number of hydrogen-bond donors (Lipinski definition) is 0. The standard InChI is InChI=1S/C57H99NO7/c1-6-8-10-12-14-16-18-20-22-24-26-28-30-31-33-35-37-39-41-43-45-47-55(59)64-52-53(51-63-50-49-54(57(61)62)58(3,4)5)65-56(60)48-46-44-42-40-38-36-34-32-29-27-25-23-21-19-17-15-13-11-9-7-2/h9,11,15,17,21,23,27-30,34,36,53-54H,6-8,10,12-14,16,18-20,22,24-26,31-33,35,37-52H2,1-5H3/b11-9+,17-15+,23-21+,29-27+,30-28+,36-34+. The zero-order valence-corrected chi connectivity index (χ0v) is 42.6. The molecule has 0 heterocycles. The average molecular weight is 910 g/mol. The zero-order valence-electron chi connectivity index (χ0n) is 42.6. The lowest BCUT2D eigenvalue weighted by Crippen LogP contribution is -2.55. The van der Waals surface area contributed by atoms with Crippen molar-refractivity contribution in [2.45, 2.75) is 231 Å². The Hall–Kier alpha value is -3.23. The molecule has 0 rings (SSSR count). The van der Waals surface area contributed by atoms with Gasteiger partial charge in [0, 0.05) is 19.3 Å². The number of hydrogen-bond acceptors (Lipinski definition) is 7. The van der Waals surface area contributed by atoms with E-state index in [9.17, 15) is 19.5 Å². The highest BCUT2D eigenvalue weighted by molar-refractivity contribution is 5.70. The van der Waals surface area contributed by atoms with Crippen molar-refractivity contribution in [2.75, 3.05) is 41.0 Å². The van der Waals surface area contributed by atoms with Gasteiger partial charge in [-0.2, -0.15) is 0 Å². The van der Waals surface area contributed by atoms with Crippen LogP contribution in [0.1, 0.15) is 219 Å². The second kappa shape index (κ2) is 47.3. The number of carboxylic acid groups (broad SMARTS) is 1. The fraction of sp³-hybridized carbons (Fsp3) is 0.737. The van der Waals surface area contributed by atoms with Crippen LogP contribution in [0.2, 0.25) is 0 Å². The SMILES string of the molecule is CC/C=C/C/C=C/C/C=C/C/C=C/C/C=C/CCCCCCC(=O)OC(COCCC(C(=O)[O-])[N+](C)(C)C)COC(=O)CCCCCCCCC/C=C/CCCCCCCCCCCC. The number of esters is 2. The molecular weight excluding hydrogens is 811 g/mol. The Balaban J connectivity index is 4.29. The molecule has 0 aromatic rings. The third kappa shape index (κ3) is 45.7. The summed E-state index contributed by atoms with van der Waals surface area (Å²) in [5.41, 5.74) is 0. The summed E-state index contributed by atoms with van der Waals surface area (Å²) in [6.45, 7) is 4.53. The van der Waals surface area contributed by atoms with E-state index in [4.69, 9.17) is 14.2 Å². The predicted molar refractivity (Wildman–Crippen MR) is 272 cm³/mol. The minimum absolute atomic E-state index is 0.0261. The quantitative estimate of drug-likeness (QED) is 0.0259. The molecule has 8 nitrogen and oxygen atoms in total. The maximum atomic E-state index is 12.8. The predicted octanol–water partition coefficient (Wildman–Crippen LogP) is 14.1. The van der Waals surface area contributed by atoms with Gasteiger partial charge in [0.2, 0.25) is 0 Å². The molecule has 0 bridgehead atoms. The highest BCUT2D eigenvalue weighted by atomic mass is 16.6. The van der Waals surface area contributed by atoms with Gasteiger partial charge in [0.05, 0.1) is 40.3 Å². The van der Waals surface area contributed by atoms with Crippen LogP contribution in [-0.4, -0.2) is 75.5 Å². The van der Waals surface area contributed by atoms with Gasteiger partial charge in [0.25, 0.3) is 0 Å². The van der Waals surface area contributed by atoms with Gasteiger partial charge < -0.3 is 28.6 Å². The summed E-state index contributed by atoms with van der Waals surface area (Å²) in [5.74, 6) is -1.77. The normalized spacial score (nSPS) is 13.4. The van der Waals surface area contributed by atoms with Crippen LogP contribution >= 0.6 is 0 Å². The first-order valence-corrected chi connectivity index (χ1v) is 26.5. The summed E-state index contributed by atoms with van der Waals surface area (Å²) >= 11 is 0. The molecule has 0 aliphatic carbocycles. The number of aliphatic carboxylic acids is 1. The van der Waals surface area contributed by atoms with Gasteiger partial charge in [-0.15, -0.1) is 0 Å². The van der Waals surface area contributed by atoms with E-state index in [1.54, 1.807) is 21.1 Å². The molecule has 2 unspecified atom stereocenters. The van der Waals surface area contributed by atoms with E-state index < -0.39 is 18.1 Å². The molecule has 0 saturated heterocycles. The molecule has 8 heteroatoms. The topological polar surface area (TPSA) is 102 Å². The van der Waals surface area contributed by atoms with Crippen molar-refractivity contribution in [3.8, 4) is 0 Å². The molecule has 0 fully saturated rings. The highest BCUT2D eigenvalue weighted by Gasteiger charge is 2.25. The largest absolute Gasteiger partial charge is 0.544 e. The number of likely N-dealkylation sites (N-methyl/N-ethyl adjacent to an activating group) is 1. The van der Waals surface area contributed by atoms with Gasteiger partial charge in [0.15, 0.2) is 6.10 Å². The monoisotopic (exact) mass is 910 g/mol. The number of carbonyl (C=O) groups is 3. The second-order valence-corrected chi connectivity index (χ2v) is 18.7. The molecule has 0 aliphatic heterocycles. The molecular formula is C57H99NO7. The van der Waals surface area contributed by atoms with Gasteiger partial charge in [-0.1, -0.05) is 189 Å². The lowest BCUT2D eigenvalue weighted by Gasteiger charge is -2.34. The number of unbranched alkanes of at least 4 members (excludes halogenated alkanes) is 21.